The summed E-state index contributed by atoms with van der Waals surface area (Å²) < 4.78 is 5.27. The molecule has 0 aliphatic carbocycles. The molecule has 2 heterocycles. The van der Waals surface area contributed by atoms with Crippen molar-refractivity contribution in [2.75, 3.05) is 33.2 Å². The molecule has 0 radical (unpaired) electrons. The van der Waals surface area contributed by atoms with Crippen molar-refractivity contribution in [3.63, 3.8) is 0 Å². The standard InChI is InChI=1S/C17H31N5O.HI/c1-3-15-13-16(23-21-15)14-20-17(18-2)19-9-8-12-22-10-6-4-5-7-11-22;/h13H,3-12,14H2,1-2H3,(H2,18,19,20);1H. The summed E-state index contributed by atoms with van der Waals surface area (Å²) in [5.41, 5.74) is 0.988. The van der Waals surface area contributed by atoms with Gasteiger partial charge in [0.2, 0.25) is 0 Å². The van der Waals surface area contributed by atoms with E-state index in [0.717, 1.165) is 36.8 Å². The van der Waals surface area contributed by atoms with Crippen LogP contribution in [0.4, 0.5) is 0 Å². The van der Waals surface area contributed by atoms with Gasteiger partial charge in [0, 0.05) is 19.7 Å². The Morgan fingerprint density at radius 2 is 2.00 bits per heavy atom. The van der Waals surface area contributed by atoms with Crippen LogP contribution in [0.3, 0.4) is 0 Å². The van der Waals surface area contributed by atoms with Crippen LogP contribution in [0.5, 0.6) is 0 Å². The number of rotatable bonds is 7. The van der Waals surface area contributed by atoms with E-state index in [2.05, 4.69) is 32.6 Å². The first-order chi connectivity index (χ1) is 11.3. The number of guanidine groups is 1. The summed E-state index contributed by atoms with van der Waals surface area (Å²) in [5.74, 6) is 1.66. The van der Waals surface area contributed by atoms with Crippen LogP contribution >= 0.6 is 24.0 Å². The van der Waals surface area contributed by atoms with Crippen LogP contribution in [0, 0.1) is 0 Å². The van der Waals surface area contributed by atoms with Gasteiger partial charge in [0.1, 0.15) is 0 Å². The maximum atomic E-state index is 5.27. The molecule has 2 N–H and O–H groups in total. The number of likely N-dealkylation sites (tertiary alicyclic amines) is 1. The van der Waals surface area contributed by atoms with Gasteiger partial charge < -0.3 is 20.1 Å². The fourth-order valence-electron chi connectivity index (χ4n) is 2.87. The number of aryl methyl sites for hydroxylation is 1. The molecule has 24 heavy (non-hydrogen) atoms. The Morgan fingerprint density at radius 1 is 1.25 bits per heavy atom. The third kappa shape index (κ3) is 7.83. The van der Waals surface area contributed by atoms with Gasteiger partial charge in [0.05, 0.1) is 12.2 Å². The molecule has 1 aromatic heterocycles. The highest BCUT2D eigenvalue weighted by Crippen LogP contribution is 2.09. The first-order valence-corrected chi connectivity index (χ1v) is 8.93. The molecule has 0 spiro atoms. The summed E-state index contributed by atoms with van der Waals surface area (Å²) in [6.45, 7) is 7.31. The minimum Gasteiger partial charge on any atom is -0.359 e. The number of halogens is 1. The molecule has 0 amide bonds. The van der Waals surface area contributed by atoms with Crippen LogP contribution in [0.15, 0.2) is 15.6 Å². The molecular formula is C17H32IN5O. The maximum absolute atomic E-state index is 5.27. The zero-order valence-corrected chi connectivity index (χ0v) is 17.3. The Hall–Kier alpha value is -0.830. The van der Waals surface area contributed by atoms with Crippen molar-refractivity contribution in [3.8, 4) is 0 Å². The van der Waals surface area contributed by atoms with Crippen LogP contribution in [-0.2, 0) is 13.0 Å². The van der Waals surface area contributed by atoms with E-state index in [1.165, 1.54) is 45.3 Å². The second-order valence-electron chi connectivity index (χ2n) is 6.10. The lowest BCUT2D eigenvalue weighted by atomic mass is 10.2. The molecule has 0 saturated carbocycles. The summed E-state index contributed by atoms with van der Waals surface area (Å²) in [6, 6.07) is 1.99. The van der Waals surface area contributed by atoms with Crippen LogP contribution in [0.25, 0.3) is 0 Å². The highest BCUT2D eigenvalue weighted by Gasteiger charge is 2.08. The topological polar surface area (TPSA) is 65.7 Å². The van der Waals surface area contributed by atoms with Gasteiger partial charge in [-0.3, -0.25) is 4.99 Å². The van der Waals surface area contributed by atoms with Crippen LogP contribution < -0.4 is 10.6 Å². The van der Waals surface area contributed by atoms with Gasteiger partial charge in [-0.15, -0.1) is 24.0 Å². The molecule has 0 aromatic carbocycles. The Labute approximate surface area is 162 Å². The van der Waals surface area contributed by atoms with Crippen molar-refractivity contribution in [3.05, 3.63) is 17.5 Å². The normalized spacial score (nSPS) is 16.3. The lowest BCUT2D eigenvalue weighted by molar-refractivity contribution is 0.282. The quantitative estimate of drug-likeness (QED) is 0.290. The summed E-state index contributed by atoms with van der Waals surface area (Å²) in [7, 11) is 1.79. The Morgan fingerprint density at radius 3 is 2.62 bits per heavy atom. The lowest BCUT2D eigenvalue weighted by Gasteiger charge is -2.20. The molecule has 138 valence electrons. The van der Waals surface area contributed by atoms with E-state index >= 15 is 0 Å². The first kappa shape index (κ1) is 21.2. The van der Waals surface area contributed by atoms with Crippen molar-refractivity contribution in [2.45, 2.75) is 52.0 Å². The molecule has 7 heteroatoms. The van der Waals surface area contributed by atoms with Crippen molar-refractivity contribution in [1.82, 2.24) is 20.7 Å². The third-order valence-electron chi connectivity index (χ3n) is 4.27. The van der Waals surface area contributed by atoms with Gasteiger partial charge in [-0.2, -0.15) is 0 Å². The van der Waals surface area contributed by atoms with Crippen molar-refractivity contribution in [1.29, 1.82) is 0 Å². The van der Waals surface area contributed by atoms with Gasteiger partial charge >= 0.3 is 0 Å². The predicted molar refractivity (Wildman–Crippen MR) is 109 cm³/mol. The monoisotopic (exact) mass is 449 g/mol. The number of nitrogens with zero attached hydrogens (tertiary/aromatic N) is 3. The number of nitrogens with one attached hydrogen (secondary N) is 2. The minimum absolute atomic E-state index is 0. The lowest BCUT2D eigenvalue weighted by Crippen LogP contribution is -2.38. The molecule has 1 fully saturated rings. The van der Waals surface area contributed by atoms with E-state index in [4.69, 9.17) is 4.52 Å². The zero-order valence-electron chi connectivity index (χ0n) is 15.0. The van der Waals surface area contributed by atoms with Gasteiger partial charge in [0.25, 0.3) is 0 Å². The van der Waals surface area contributed by atoms with Gasteiger partial charge in [-0.05, 0) is 45.3 Å². The Bertz CT molecular complexity index is 469. The molecule has 1 aliphatic heterocycles. The third-order valence-corrected chi connectivity index (χ3v) is 4.27. The predicted octanol–water partition coefficient (Wildman–Crippen LogP) is 2.79. The molecule has 0 atom stereocenters. The number of hydrogen-bond acceptors (Lipinski definition) is 4. The van der Waals surface area contributed by atoms with Crippen molar-refractivity contribution >= 4 is 29.9 Å². The minimum atomic E-state index is 0. The maximum Gasteiger partial charge on any atom is 0.191 e. The number of aromatic nitrogens is 1. The molecule has 2 rings (SSSR count). The smallest absolute Gasteiger partial charge is 0.191 e. The Balaban J connectivity index is 0.00000288. The molecular weight excluding hydrogens is 417 g/mol. The van der Waals surface area contributed by atoms with E-state index in [-0.39, 0.29) is 24.0 Å². The highest BCUT2D eigenvalue weighted by atomic mass is 127. The average Bonchev–Trinajstić information content (AvgIpc) is 2.88. The zero-order chi connectivity index (χ0) is 16.3. The van der Waals surface area contributed by atoms with E-state index in [1.54, 1.807) is 7.05 Å². The molecule has 0 bridgehead atoms. The second-order valence-corrected chi connectivity index (χ2v) is 6.10. The van der Waals surface area contributed by atoms with Crippen molar-refractivity contribution in [2.24, 2.45) is 4.99 Å². The molecule has 1 saturated heterocycles. The average molecular weight is 449 g/mol. The second kappa shape index (κ2) is 12.5. The molecule has 6 nitrogen and oxygen atoms in total. The summed E-state index contributed by atoms with van der Waals surface area (Å²) in [4.78, 5) is 6.84. The first-order valence-electron chi connectivity index (χ1n) is 8.93. The van der Waals surface area contributed by atoms with Crippen LogP contribution in [0.1, 0.15) is 50.5 Å². The fourth-order valence-corrected chi connectivity index (χ4v) is 2.87. The van der Waals surface area contributed by atoms with Gasteiger partial charge in [-0.1, -0.05) is 24.9 Å². The summed E-state index contributed by atoms with van der Waals surface area (Å²) in [6.07, 6.45) is 7.54. The largest absolute Gasteiger partial charge is 0.359 e. The molecule has 1 aliphatic rings. The van der Waals surface area contributed by atoms with Crippen LogP contribution in [-0.4, -0.2) is 49.2 Å². The Kier molecular flexibility index (Phi) is 11.1. The SMILES string of the molecule is CCc1cc(CNC(=NC)NCCCN2CCCCCC2)on1.I. The van der Waals surface area contributed by atoms with E-state index in [0.29, 0.717) is 6.54 Å². The summed E-state index contributed by atoms with van der Waals surface area (Å²) in [5, 5.41) is 10.6. The van der Waals surface area contributed by atoms with E-state index in [1.807, 2.05) is 6.07 Å². The van der Waals surface area contributed by atoms with Gasteiger partial charge in [-0.25, -0.2) is 0 Å². The van der Waals surface area contributed by atoms with Crippen molar-refractivity contribution < 1.29 is 4.52 Å². The molecule has 1 aromatic rings. The fraction of sp³-hybridized carbons (Fsp3) is 0.765. The van der Waals surface area contributed by atoms with Crippen LogP contribution in [0.2, 0.25) is 0 Å². The number of hydrogen-bond donors (Lipinski definition) is 2. The molecule has 0 unspecified atom stereocenters. The summed E-state index contributed by atoms with van der Waals surface area (Å²) >= 11 is 0. The van der Waals surface area contributed by atoms with Gasteiger partial charge in [0.15, 0.2) is 11.7 Å². The highest BCUT2D eigenvalue weighted by molar-refractivity contribution is 14.0. The number of aliphatic imine (C=N–C) groups is 1. The van der Waals surface area contributed by atoms with E-state index in [9.17, 15) is 0 Å². The van der Waals surface area contributed by atoms with E-state index < -0.39 is 0 Å².